The van der Waals surface area contributed by atoms with Gasteiger partial charge in [0, 0.05) is 30.9 Å². The molecule has 0 aliphatic carbocycles. The molecule has 2 rings (SSSR count). The van der Waals surface area contributed by atoms with Crippen LogP contribution in [0.1, 0.15) is 39.0 Å². The minimum atomic E-state index is -0.163. The van der Waals surface area contributed by atoms with Crippen LogP contribution in [-0.4, -0.2) is 43.7 Å². The maximum atomic E-state index is 11.9. The molecular formula is C18H29N3O2. The first-order valence-electron chi connectivity index (χ1n) is 8.66. The highest BCUT2D eigenvalue weighted by atomic mass is 16.5. The van der Waals surface area contributed by atoms with Crippen LogP contribution in [0.25, 0.3) is 0 Å². The molecule has 5 heteroatoms. The van der Waals surface area contributed by atoms with E-state index in [9.17, 15) is 4.79 Å². The summed E-state index contributed by atoms with van der Waals surface area (Å²) in [6.07, 6.45) is 6.20. The molecule has 0 unspecified atom stereocenters. The number of hydrogen-bond acceptors (Lipinski definition) is 3. The standard InChI is InChI=1S/C18H29N3O2/c1-3-16-9-4-5-12-21(16)13-7-11-19-18(22)20-15-8-6-10-17(14-15)23-2/h6,8,10,14,16H,3-5,7,9,11-13H2,1-2H3,(H2,19,20,22)/t16-/m1/s1. The summed E-state index contributed by atoms with van der Waals surface area (Å²) in [6.45, 7) is 5.23. The average Bonchev–Trinajstić information content (AvgIpc) is 2.59. The van der Waals surface area contributed by atoms with Crippen LogP contribution < -0.4 is 15.4 Å². The number of nitrogens with zero attached hydrogens (tertiary/aromatic N) is 1. The van der Waals surface area contributed by atoms with E-state index in [-0.39, 0.29) is 6.03 Å². The second kappa shape index (κ2) is 9.40. The molecule has 0 bridgehead atoms. The first kappa shape index (κ1) is 17.6. The van der Waals surface area contributed by atoms with Gasteiger partial charge < -0.3 is 20.3 Å². The maximum Gasteiger partial charge on any atom is 0.319 e. The van der Waals surface area contributed by atoms with Crippen molar-refractivity contribution in [1.29, 1.82) is 0 Å². The van der Waals surface area contributed by atoms with Crippen molar-refractivity contribution in [3.05, 3.63) is 24.3 Å². The van der Waals surface area contributed by atoms with Gasteiger partial charge in [-0.15, -0.1) is 0 Å². The predicted octanol–water partition coefficient (Wildman–Crippen LogP) is 3.47. The Bertz CT molecular complexity index is 493. The highest BCUT2D eigenvalue weighted by Crippen LogP contribution is 2.19. The molecule has 1 atom stereocenters. The first-order valence-corrected chi connectivity index (χ1v) is 8.66. The highest BCUT2D eigenvalue weighted by molar-refractivity contribution is 5.89. The molecule has 0 spiro atoms. The minimum absolute atomic E-state index is 0.163. The van der Waals surface area contributed by atoms with Crippen LogP contribution in [0.15, 0.2) is 24.3 Å². The monoisotopic (exact) mass is 319 g/mol. The molecule has 0 aromatic heterocycles. The van der Waals surface area contributed by atoms with Gasteiger partial charge in [0.25, 0.3) is 0 Å². The first-order chi connectivity index (χ1) is 11.2. The van der Waals surface area contributed by atoms with Gasteiger partial charge in [0.2, 0.25) is 0 Å². The number of ether oxygens (including phenoxy) is 1. The third-order valence-electron chi connectivity index (χ3n) is 4.46. The molecule has 1 aromatic carbocycles. The van der Waals surface area contributed by atoms with Crippen LogP contribution in [0.3, 0.4) is 0 Å². The van der Waals surface area contributed by atoms with E-state index in [0.29, 0.717) is 6.54 Å². The fourth-order valence-electron chi connectivity index (χ4n) is 3.18. The fraction of sp³-hybridized carbons (Fsp3) is 0.611. The van der Waals surface area contributed by atoms with Crippen LogP contribution in [0.2, 0.25) is 0 Å². The number of nitrogens with one attached hydrogen (secondary N) is 2. The van der Waals surface area contributed by atoms with Crippen molar-refractivity contribution in [2.24, 2.45) is 0 Å². The summed E-state index contributed by atoms with van der Waals surface area (Å²) in [5.41, 5.74) is 0.740. The highest BCUT2D eigenvalue weighted by Gasteiger charge is 2.19. The van der Waals surface area contributed by atoms with Crippen molar-refractivity contribution >= 4 is 11.7 Å². The lowest BCUT2D eigenvalue weighted by molar-refractivity contribution is 0.142. The molecule has 5 nitrogen and oxygen atoms in total. The van der Waals surface area contributed by atoms with Gasteiger partial charge in [-0.05, 0) is 44.4 Å². The number of piperidine rings is 1. The van der Waals surface area contributed by atoms with Gasteiger partial charge in [-0.25, -0.2) is 4.79 Å². The Morgan fingerprint density at radius 2 is 2.26 bits per heavy atom. The second-order valence-corrected chi connectivity index (χ2v) is 6.06. The van der Waals surface area contributed by atoms with Crippen molar-refractivity contribution in [3.8, 4) is 5.75 Å². The Morgan fingerprint density at radius 1 is 1.39 bits per heavy atom. The van der Waals surface area contributed by atoms with E-state index in [1.54, 1.807) is 13.2 Å². The Balaban J connectivity index is 1.66. The number of carbonyl (C=O) groups excluding carboxylic acids is 1. The van der Waals surface area contributed by atoms with Gasteiger partial charge in [-0.1, -0.05) is 19.4 Å². The summed E-state index contributed by atoms with van der Waals surface area (Å²) in [5, 5.41) is 5.75. The number of likely N-dealkylation sites (tertiary alicyclic amines) is 1. The normalized spacial score (nSPS) is 18.4. The molecule has 23 heavy (non-hydrogen) atoms. The van der Waals surface area contributed by atoms with Crippen LogP contribution in [0, 0.1) is 0 Å². The van der Waals surface area contributed by atoms with E-state index in [2.05, 4.69) is 22.5 Å². The molecule has 1 aliphatic rings. The molecule has 1 heterocycles. The van der Waals surface area contributed by atoms with Crippen LogP contribution in [-0.2, 0) is 0 Å². The zero-order chi connectivity index (χ0) is 16.5. The van der Waals surface area contributed by atoms with Gasteiger partial charge in [0.15, 0.2) is 0 Å². The van der Waals surface area contributed by atoms with Crippen LogP contribution in [0.4, 0.5) is 10.5 Å². The van der Waals surface area contributed by atoms with Gasteiger partial charge in [-0.3, -0.25) is 0 Å². The molecule has 1 aromatic rings. The zero-order valence-electron chi connectivity index (χ0n) is 14.3. The molecule has 2 amide bonds. The summed E-state index contributed by atoms with van der Waals surface area (Å²) < 4.78 is 5.15. The molecule has 1 fully saturated rings. The third kappa shape index (κ3) is 5.75. The SMILES string of the molecule is CC[C@@H]1CCCCN1CCCNC(=O)Nc1cccc(OC)c1. The summed E-state index contributed by atoms with van der Waals surface area (Å²) in [6, 6.07) is 7.93. The molecule has 1 aliphatic heterocycles. The van der Waals surface area contributed by atoms with Gasteiger partial charge >= 0.3 is 6.03 Å². The van der Waals surface area contributed by atoms with E-state index in [4.69, 9.17) is 4.74 Å². The van der Waals surface area contributed by atoms with Crippen molar-refractivity contribution in [2.45, 2.75) is 45.1 Å². The number of amides is 2. The maximum absolute atomic E-state index is 11.9. The molecule has 2 N–H and O–H groups in total. The molecule has 0 saturated carbocycles. The number of benzene rings is 1. The number of anilines is 1. The molecule has 1 saturated heterocycles. The number of urea groups is 1. The third-order valence-corrected chi connectivity index (χ3v) is 4.46. The lowest BCUT2D eigenvalue weighted by atomic mass is 10.00. The van der Waals surface area contributed by atoms with E-state index in [1.807, 2.05) is 18.2 Å². The smallest absolute Gasteiger partial charge is 0.319 e. The fourth-order valence-corrected chi connectivity index (χ4v) is 3.18. The molecular weight excluding hydrogens is 290 g/mol. The van der Waals surface area contributed by atoms with E-state index in [0.717, 1.165) is 30.4 Å². The van der Waals surface area contributed by atoms with Crippen molar-refractivity contribution in [2.75, 3.05) is 32.1 Å². The van der Waals surface area contributed by atoms with Crippen molar-refractivity contribution < 1.29 is 9.53 Å². The van der Waals surface area contributed by atoms with Crippen molar-refractivity contribution in [1.82, 2.24) is 10.2 Å². The van der Waals surface area contributed by atoms with E-state index < -0.39 is 0 Å². The Kier molecular flexibility index (Phi) is 7.20. The predicted molar refractivity (Wildman–Crippen MR) is 94.1 cm³/mol. The Hall–Kier alpha value is -1.75. The van der Waals surface area contributed by atoms with Gasteiger partial charge in [0.1, 0.15) is 5.75 Å². The molecule has 0 radical (unpaired) electrons. The van der Waals surface area contributed by atoms with Gasteiger partial charge in [0.05, 0.1) is 7.11 Å². The Labute approximate surface area is 139 Å². The topological polar surface area (TPSA) is 53.6 Å². The number of methoxy groups -OCH3 is 1. The van der Waals surface area contributed by atoms with Crippen molar-refractivity contribution in [3.63, 3.8) is 0 Å². The summed E-state index contributed by atoms with van der Waals surface area (Å²) in [7, 11) is 1.61. The quantitative estimate of drug-likeness (QED) is 0.757. The summed E-state index contributed by atoms with van der Waals surface area (Å²) in [4.78, 5) is 14.5. The number of carbonyl (C=O) groups is 1. The Morgan fingerprint density at radius 3 is 3.04 bits per heavy atom. The molecule has 128 valence electrons. The van der Waals surface area contributed by atoms with E-state index in [1.165, 1.54) is 32.2 Å². The van der Waals surface area contributed by atoms with Crippen LogP contribution >= 0.6 is 0 Å². The zero-order valence-corrected chi connectivity index (χ0v) is 14.3. The summed E-state index contributed by atoms with van der Waals surface area (Å²) >= 11 is 0. The van der Waals surface area contributed by atoms with E-state index >= 15 is 0 Å². The van der Waals surface area contributed by atoms with Gasteiger partial charge in [-0.2, -0.15) is 0 Å². The lowest BCUT2D eigenvalue weighted by Gasteiger charge is -2.35. The van der Waals surface area contributed by atoms with Crippen LogP contribution in [0.5, 0.6) is 5.75 Å². The number of rotatable bonds is 7. The lowest BCUT2D eigenvalue weighted by Crippen LogP contribution is -2.41. The second-order valence-electron chi connectivity index (χ2n) is 6.06. The minimum Gasteiger partial charge on any atom is -0.497 e. The largest absolute Gasteiger partial charge is 0.497 e. The number of hydrogen-bond donors (Lipinski definition) is 2. The average molecular weight is 319 g/mol. The summed E-state index contributed by atoms with van der Waals surface area (Å²) in [5.74, 6) is 0.735.